The van der Waals surface area contributed by atoms with Crippen molar-refractivity contribution in [3.63, 3.8) is 0 Å². The lowest BCUT2D eigenvalue weighted by molar-refractivity contribution is -0.319. The van der Waals surface area contributed by atoms with Crippen LogP contribution in [0.25, 0.3) is 0 Å². The van der Waals surface area contributed by atoms with Crippen molar-refractivity contribution in [2.45, 2.75) is 129 Å². The van der Waals surface area contributed by atoms with Crippen molar-refractivity contribution in [2.24, 2.45) is 28.7 Å². The number of aliphatic hydroxyl groups excluding tert-OH is 7. The summed E-state index contributed by atoms with van der Waals surface area (Å²) in [4.78, 5) is 0. The number of hydrogen-bond donors (Lipinski definition) is 12. The first kappa shape index (κ1) is 40.6. The van der Waals surface area contributed by atoms with Gasteiger partial charge in [0.15, 0.2) is 18.9 Å². The first-order valence-electron chi connectivity index (χ1n) is 16.9. The quantitative estimate of drug-likeness (QED) is 0.0624. The highest BCUT2D eigenvalue weighted by atomic mass is 16.8. The largest absolute Gasteiger partial charge is 0.394 e. The Hall–Kier alpha value is -1.58. The maximum absolute atomic E-state index is 11.3. The zero-order valence-electron chi connectivity index (χ0n) is 27.9. The third-order valence-corrected chi connectivity index (χ3v) is 9.75. The fraction of sp³-hybridized carbons (Fsp3) is 0.806. The molecule has 51 heavy (non-hydrogen) atoms. The van der Waals surface area contributed by atoms with Crippen molar-refractivity contribution in [1.29, 1.82) is 0 Å². The van der Waals surface area contributed by atoms with Crippen molar-refractivity contribution in [3.05, 3.63) is 35.9 Å². The summed E-state index contributed by atoms with van der Waals surface area (Å²) in [6, 6.07) is 5.07. The van der Waals surface area contributed by atoms with Gasteiger partial charge in [0.2, 0.25) is 0 Å². The molecule has 20 heteroatoms. The van der Waals surface area contributed by atoms with Crippen LogP contribution in [0.2, 0.25) is 0 Å². The maximum Gasteiger partial charge on any atom is 0.187 e. The van der Waals surface area contributed by atoms with E-state index in [4.69, 9.17) is 66.6 Å². The third kappa shape index (κ3) is 9.04. The number of aliphatic hydroxyl groups is 7. The normalized spacial score (nSPS) is 46.3. The van der Waals surface area contributed by atoms with Gasteiger partial charge in [0.05, 0.1) is 38.0 Å². The molecule has 0 bridgehead atoms. The Bertz CT molecular complexity index is 1200. The standard InChI is InChI=1S/C31H53N5O15/c32-7-15-21(40)22(41)18(35)29(46-15)50-27-17(9-38)48-31(24(27)43)51-28-20(39)13(33)6-14(34)25(28)49-30-19(36)23(42)26(16(8-37)47-30)45-11-44-10-12-4-2-1-3-5-12/h1-5,13-31,37-43H,6-11,32-36H2/t13-,14+,15?,16-,17-,18-,19-,20+,21-,22-,23-,24-,25-,26-,27-,28-,29-,30+,31+/m1/s1. The Morgan fingerprint density at radius 2 is 1.18 bits per heavy atom. The van der Waals surface area contributed by atoms with Gasteiger partial charge in [-0.25, -0.2) is 0 Å². The summed E-state index contributed by atoms with van der Waals surface area (Å²) in [5.41, 5.74) is 31.5. The van der Waals surface area contributed by atoms with Crippen LogP contribution in [-0.2, 0) is 44.5 Å². The van der Waals surface area contributed by atoms with Crippen LogP contribution >= 0.6 is 0 Å². The Kier molecular flexibility index (Phi) is 14.5. The molecule has 1 aliphatic carbocycles. The highest BCUT2D eigenvalue weighted by Gasteiger charge is 2.54. The Labute approximate surface area is 294 Å². The van der Waals surface area contributed by atoms with Crippen LogP contribution in [0.15, 0.2) is 30.3 Å². The van der Waals surface area contributed by atoms with E-state index in [9.17, 15) is 35.7 Å². The topological polar surface area (TPSA) is 346 Å². The highest BCUT2D eigenvalue weighted by molar-refractivity contribution is 5.13. The molecule has 17 N–H and O–H groups in total. The molecule has 0 spiro atoms. The average molecular weight is 736 g/mol. The third-order valence-electron chi connectivity index (χ3n) is 9.75. The summed E-state index contributed by atoms with van der Waals surface area (Å²) < 4.78 is 46.5. The van der Waals surface area contributed by atoms with Gasteiger partial charge < -0.3 is 102 Å². The molecule has 1 unspecified atom stereocenters. The number of benzene rings is 1. The van der Waals surface area contributed by atoms with Crippen LogP contribution < -0.4 is 28.7 Å². The van der Waals surface area contributed by atoms with Crippen LogP contribution in [-0.4, -0.2) is 179 Å². The van der Waals surface area contributed by atoms with Crippen molar-refractivity contribution < 1.29 is 73.6 Å². The van der Waals surface area contributed by atoms with E-state index in [0.29, 0.717) is 0 Å². The van der Waals surface area contributed by atoms with Gasteiger partial charge in [0.1, 0.15) is 73.9 Å². The van der Waals surface area contributed by atoms with Crippen LogP contribution in [0.1, 0.15) is 12.0 Å². The molecule has 1 aromatic carbocycles. The zero-order chi connectivity index (χ0) is 37.0. The van der Waals surface area contributed by atoms with Gasteiger partial charge in [0, 0.05) is 18.6 Å². The van der Waals surface area contributed by atoms with Gasteiger partial charge in [-0.05, 0) is 12.0 Å². The van der Waals surface area contributed by atoms with Crippen LogP contribution in [0.5, 0.6) is 0 Å². The minimum absolute atomic E-state index is 0.0661. The van der Waals surface area contributed by atoms with Gasteiger partial charge in [0.25, 0.3) is 0 Å². The van der Waals surface area contributed by atoms with E-state index in [1.165, 1.54) is 0 Å². The molecule has 292 valence electrons. The number of rotatable bonds is 14. The summed E-state index contributed by atoms with van der Waals surface area (Å²) in [7, 11) is 0. The first-order valence-corrected chi connectivity index (χ1v) is 16.9. The number of nitrogens with two attached hydrogens (primary N) is 5. The summed E-state index contributed by atoms with van der Waals surface area (Å²) >= 11 is 0. The van der Waals surface area contributed by atoms with Crippen molar-refractivity contribution >= 4 is 0 Å². The van der Waals surface area contributed by atoms with Crippen LogP contribution in [0.3, 0.4) is 0 Å². The minimum atomic E-state index is -1.63. The molecule has 19 atom stereocenters. The maximum atomic E-state index is 11.3. The van der Waals surface area contributed by atoms with E-state index >= 15 is 0 Å². The predicted molar refractivity (Wildman–Crippen MR) is 171 cm³/mol. The SMILES string of the molecule is NCC1O[C@H](O[C@H]2[C@@H](O)[C@H](O[C@@H]3[C@@H](O)[C@H](N)C[C@H](N)[C@H]3O[C@@H]3O[C@H](CO)[C@@H](OCOCc4ccccc4)[C@H](O)[C@H]3N)O[C@@H]2CO)[C@H](N)[C@@H](O)[C@@H]1O. The van der Waals surface area contributed by atoms with E-state index in [2.05, 4.69) is 0 Å². The van der Waals surface area contributed by atoms with Crippen molar-refractivity contribution in [3.8, 4) is 0 Å². The summed E-state index contributed by atoms with van der Waals surface area (Å²) in [6.07, 6.45) is -19.9. The molecule has 1 aromatic rings. The molecule has 3 heterocycles. The summed E-state index contributed by atoms with van der Waals surface area (Å²) in [5.74, 6) is 0. The lowest BCUT2D eigenvalue weighted by Gasteiger charge is -2.47. The van der Waals surface area contributed by atoms with Gasteiger partial charge in [-0.3, -0.25) is 0 Å². The van der Waals surface area contributed by atoms with Gasteiger partial charge >= 0.3 is 0 Å². The van der Waals surface area contributed by atoms with E-state index in [1.54, 1.807) is 0 Å². The zero-order valence-corrected chi connectivity index (χ0v) is 27.9. The van der Waals surface area contributed by atoms with Crippen molar-refractivity contribution in [1.82, 2.24) is 0 Å². The van der Waals surface area contributed by atoms with Gasteiger partial charge in [-0.1, -0.05) is 30.3 Å². The summed E-state index contributed by atoms with van der Waals surface area (Å²) in [6.45, 7) is -1.41. The van der Waals surface area contributed by atoms with Gasteiger partial charge in [-0.15, -0.1) is 0 Å². The number of hydrogen-bond acceptors (Lipinski definition) is 20. The second-order valence-electron chi connectivity index (χ2n) is 13.3. The lowest BCUT2D eigenvalue weighted by atomic mass is 9.84. The van der Waals surface area contributed by atoms with Crippen LogP contribution in [0, 0.1) is 0 Å². The monoisotopic (exact) mass is 735 g/mol. The molecule has 5 rings (SSSR count). The minimum Gasteiger partial charge on any atom is -0.394 e. The Morgan fingerprint density at radius 3 is 1.82 bits per heavy atom. The Morgan fingerprint density at radius 1 is 0.608 bits per heavy atom. The fourth-order valence-electron chi connectivity index (χ4n) is 6.75. The second kappa shape index (κ2) is 18.2. The molecule has 0 aromatic heterocycles. The molecule has 20 nitrogen and oxygen atoms in total. The molecule has 4 aliphatic rings. The second-order valence-corrected chi connectivity index (χ2v) is 13.3. The first-order chi connectivity index (χ1) is 24.4. The molecule has 4 fully saturated rings. The van der Waals surface area contributed by atoms with E-state index in [1.807, 2.05) is 30.3 Å². The number of ether oxygens (including phenoxy) is 8. The molecular weight excluding hydrogens is 682 g/mol. The molecule has 0 radical (unpaired) electrons. The average Bonchev–Trinajstić information content (AvgIpc) is 3.42. The van der Waals surface area contributed by atoms with Crippen molar-refractivity contribution in [2.75, 3.05) is 26.6 Å². The molecular formula is C31H53N5O15. The van der Waals surface area contributed by atoms with E-state index < -0.39 is 129 Å². The smallest absolute Gasteiger partial charge is 0.187 e. The van der Waals surface area contributed by atoms with E-state index in [-0.39, 0.29) is 26.4 Å². The van der Waals surface area contributed by atoms with Crippen LogP contribution in [0.4, 0.5) is 0 Å². The molecule has 0 amide bonds. The van der Waals surface area contributed by atoms with E-state index in [0.717, 1.165) is 5.56 Å². The fourth-order valence-corrected chi connectivity index (χ4v) is 6.75. The summed E-state index contributed by atoms with van der Waals surface area (Å²) in [5, 5.41) is 74.2. The highest BCUT2D eigenvalue weighted by Crippen LogP contribution is 2.34. The molecule has 3 saturated heterocycles. The molecule has 3 aliphatic heterocycles. The molecule has 1 saturated carbocycles. The lowest BCUT2D eigenvalue weighted by Crippen LogP contribution is -2.68. The predicted octanol–water partition coefficient (Wildman–Crippen LogP) is -6.66. The Balaban J connectivity index is 1.24. The van der Waals surface area contributed by atoms with Gasteiger partial charge in [-0.2, -0.15) is 0 Å².